The highest BCUT2D eigenvalue weighted by Crippen LogP contribution is 2.32. The smallest absolute Gasteiger partial charge is 0.264 e. The Balaban J connectivity index is 1.71. The van der Waals surface area contributed by atoms with Gasteiger partial charge in [-0.05, 0) is 42.8 Å². The van der Waals surface area contributed by atoms with E-state index in [2.05, 4.69) is 5.32 Å². The first kappa shape index (κ1) is 27.7. The molecule has 0 fully saturated rings. The fourth-order valence-corrected chi connectivity index (χ4v) is 5.96. The van der Waals surface area contributed by atoms with Gasteiger partial charge in [0.1, 0.15) is 6.54 Å². The zero-order valence-corrected chi connectivity index (χ0v) is 22.8. The van der Waals surface area contributed by atoms with Crippen molar-refractivity contribution < 1.29 is 22.7 Å². The molecule has 0 atom stereocenters. The van der Waals surface area contributed by atoms with Gasteiger partial charge in [-0.1, -0.05) is 47.5 Å². The summed E-state index contributed by atoms with van der Waals surface area (Å²) in [6, 6.07) is 18.9. The number of hydrogen-bond acceptors (Lipinski definition) is 6. The van der Waals surface area contributed by atoms with Gasteiger partial charge in [0, 0.05) is 29.1 Å². The molecule has 0 spiro atoms. The number of benzene rings is 3. The van der Waals surface area contributed by atoms with Gasteiger partial charge in [0.05, 0.1) is 24.8 Å². The van der Waals surface area contributed by atoms with E-state index in [4.69, 9.17) is 21.1 Å². The maximum absolute atomic E-state index is 13.6. The standard InChI is InChI=1S/C26H29ClN2O5S2/c1-19-8-10-21(11-9-19)29(36(31,32)22-12-13-24(33-2)25(16-22)34-3)17-26(30)28-14-15-35-18-20-6-4-5-7-23(20)27/h4-13,16H,14-15,17-18H2,1-3H3,(H,28,30). The summed E-state index contributed by atoms with van der Waals surface area (Å²) in [6.07, 6.45) is 0. The predicted molar refractivity (Wildman–Crippen MR) is 146 cm³/mol. The fraction of sp³-hybridized carbons (Fsp3) is 0.269. The number of methoxy groups -OCH3 is 2. The highest BCUT2D eigenvalue weighted by molar-refractivity contribution is 7.98. The average Bonchev–Trinajstić information content (AvgIpc) is 2.88. The SMILES string of the molecule is COc1ccc(S(=O)(=O)N(CC(=O)NCCSCc2ccccc2Cl)c2ccc(C)cc2)cc1OC. The number of halogens is 1. The van der Waals surface area contributed by atoms with E-state index in [1.165, 1.54) is 32.4 Å². The number of carbonyl (C=O) groups is 1. The Hall–Kier alpha value is -2.88. The van der Waals surface area contributed by atoms with Crippen LogP contribution in [-0.2, 0) is 20.6 Å². The van der Waals surface area contributed by atoms with Crippen LogP contribution < -0.4 is 19.1 Å². The van der Waals surface area contributed by atoms with Crippen molar-refractivity contribution in [2.75, 3.05) is 37.4 Å². The number of hydrogen-bond donors (Lipinski definition) is 1. The van der Waals surface area contributed by atoms with Gasteiger partial charge in [-0.3, -0.25) is 9.10 Å². The van der Waals surface area contributed by atoms with Gasteiger partial charge in [0.2, 0.25) is 5.91 Å². The quantitative estimate of drug-likeness (QED) is 0.324. The summed E-state index contributed by atoms with van der Waals surface area (Å²) in [5, 5.41) is 3.53. The van der Waals surface area contributed by atoms with E-state index in [0.717, 1.165) is 21.2 Å². The molecule has 0 bridgehead atoms. The van der Waals surface area contributed by atoms with Crippen LogP contribution in [0.4, 0.5) is 5.69 Å². The second kappa shape index (κ2) is 12.9. The summed E-state index contributed by atoms with van der Waals surface area (Å²) >= 11 is 7.81. The molecule has 0 aliphatic rings. The summed E-state index contributed by atoms with van der Waals surface area (Å²) in [5.41, 5.74) is 2.39. The summed E-state index contributed by atoms with van der Waals surface area (Å²) in [7, 11) is -1.17. The number of ether oxygens (including phenoxy) is 2. The Morgan fingerprint density at radius 3 is 2.36 bits per heavy atom. The number of nitrogens with one attached hydrogen (secondary N) is 1. The van der Waals surface area contributed by atoms with Gasteiger partial charge in [-0.25, -0.2) is 8.42 Å². The Bertz CT molecular complexity index is 1280. The molecule has 192 valence electrons. The van der Waals surface area contributed by atoms with E-state index in [1.54, 1.807) is 36.0 Å². The third kappa shape index (κ3) is 7.09. The lowest BCUT2D eigenvalue weighted by Gasteiger charge is -2.24. The first-order valence-electron chi connectivity index (χ1n) is 11.2. The van der Waals surface area contributed by atoms with Gasteiger partial charge in [0.15, 0.2) is 11.5 Å². The van der Waals surface area contributed by atoms with Crippen LogP contribution in [0.2, 0.25) is 5.02 Å². The number of rotatable bonds is 12. The molecule has 1 amide bonds. The van der Waals surface area contributed by atoms with Crippen LogP contribution in [0.15, 0.2) is 71.6 Å². The van der Waals surface area contributed by atoms with Crippen molar-refractivity contribution in [1.82, 2.24) is 5.32 Å². The van der Waals surface area contributed by atoms with Gasteiger partial charge < -0.3 is 14.8 Å². The molecule has 0 saturated carbocycles. The van der Waals surface area contributed by atoms with Crippen LogP contribution in [0.1, 0.15) is 11.1 Å². The fourth-order valence-electron chi connectivity index (χ4n) is 3.38. The van der Waals surface area contributed by atoms with E-state index < -0.39 is 15.9 Å². The molecule has 1 N–H and O–H groups in total. The van der Waals surface area contributed by atoms with Gasteiger partial charge in [-0.15, -0.1) is 0 Å². The summed E-state index contributed by atoms with van der Waals surface area (Å²) < 4.78 is 38.8. The van der Waals surface area contributed by atoms with Crippen LogP contribution in [0.5, 0.6) is 11.5 Å². The average molecular weight is 549 g/mol. The minimum Gasteiger partial charge on any atom is -0.493 e. The molecule has 10 heteroatoms. The second-order valence-electron chi connectivity index (χ2n) is 7.86. The first-order chi connectivity index (χ1) is 17.3. The Labute approximate surface area is 221 Å². The lowest BCUT2D eigenvalue weighted by Crippen LogP contribution is -2.41. The maximum Gasteiger partial charge on any atom is 0.264 e. The van der Waals surface area contributed by atoms with E-state index in [0.29, 0.717) is 28.8 Å². The van der Waals surface area contributed by atoms with Crippen LogP contribution in [-0.4, -0.2) is 47.4 Å². The molecule has 0 aliphatic heterocycles. The number of carbonyl (C=O) groups excluding carboxylic acids is 1. The van der Waals surface area contributed by atoms with Crippen LogP contribution in [0.3, 0.4) is 0 Å². The van der Waals surface area contributed by atoms with E-state index in [1.807, 2.05) is 31.2 Å². The molecule has 0 saturated heterocycles. The van der Waals surface area contributed by atoms with Gasteiger partial charge in [-0.2, -0.15) is 11.8 Å². The van der Waals surface area contributed by atoms with Crippen LogP contribution in [0, 0.1) is 6.92 Å². The summed E-state index contributed by atoms with van der Waals surface area (Å²) in [5.74, 6) is 1.66. The Kier molecular flexibility index (Phi) is 9.92. The summed E-state index contributed by atoms with van der Waals surface area (Å²) in [4.78, 5) is 12.8. The zero-order valence-electron chi connectivity index (χ0n) is 20.4. The van der Waals surface area contributed by atoms with Crippen molar-refractivity contribution in [3.63, 3.8) is 0 Å². The number of amides is 1. The van der Waals surface area contributed by atoms with Gasteiger partial charge >= 0.3 is 0 Å². The molecular formula is C26H29ClN2O5S2. The second-order valence-corrected chi connectivity index (χ2v) is 11.2. The molecule has 3 rings (SSSR count). The molecule has 7 nitrogen and oxygen atoms in total. The molecule has 0 aliphatic carbocycles. The highest BCUT2D eigenvalue weighted by atomic mass is 35.5. The molecule has 0 radical (unpaired) electrons. The maximum atomic E-state index is 13.6. The lowest BCUT2D eigenvalue weighted by atomic mass is 10.2. The predicted octanol–water partition coefficient (Wildman–Crippen LogP) is 4.91. The minimum atomic E-state index is -4.08. The van der Waals surface area contributed by atoms with E-state index in [-0.39, 0.29) is 17.2 Å². The molecule has 36 heavy (non-hydrogen) atoms. The van der Waals surface area contributed by atoms with Crippen molar-refractivity contribution >= 4 is 45.0 Å². The summed E-state index contributed by atoms with van der Waals surface area (Å²) in [6.45, 7) is 1.94. The highest BCUT2D eigenvalue weighted by Gasteiger charge is 2.28. The third-order valence-electron chi connectivity index (χ3n) is 5.34. The molecule has 0 unspecified atom stereocenters. The van der Waals surface area contributed by atoms with Crippen molar-refractivity contribution in [2.24, 2.45) is 0 Å². The monoisotopic (exact) mass is 548 g/mol. The van der Waals surface area contributed by atoms with Crippen molar-refractivity contribution in [3.8, 4) is 11.5 Å². The number of aryl methyl sites for hydroxylation is 1. The van der Waals surface area contributed by atoms with E-state index >= 15 is 0 Å². The van der Waals surface area contributed by atoms with Crippen LogP contribution in [0.25, 0.3) is 0 Å². The molecule has 0 heterocycles. The normalized spacial score (nSPS) is 11.1. The number of sulfonamides is 1. The molecular weight excluding hydrogens is 520 g/mol. The molecule has 3 aromatic carbocycles. The zero-order chi connectivity index (χ0) is 26.1. The van der Waals surface area contributed by atoms with Gasteiger partial charge in [0.25, 0.3) is 10.0 Å². The Morgan fingerprint density at radius 2 is 1.69 bits per heavy atom. The minimum absolute atomic E-state index is 0.0104. The Morgan fingerprint density at radius 1 is 1.00 bits per heavy atom. The van der Waals surface area contributed by atoms with Crippen molar-refractivity contribution in [2.45, 2.75) is 17.6 Å². The van der Waals surface area contributed by atoms with Crippen molar-refractivity contribution in [3.05, 3.63) is 82.9 Å². The topological polar surface area (TPSA) is 84.9 Å². The lowest BCUT2D eigenvalue weighted by molar-refractivity contribution is -0.119. The molecule has 3 aromatic rings. The largest absolute Gasteiger partial charge is 0.493 e. The third-order valence-corrected chi connectivity index (χ3v) is 8.48. The first-order valence-corrected chi connectivity index (χ1v) is 14.1. The number of thioether (sulfide) groups is 1. The molecule has 0 aromatic heterocycles. The van der Waals surface area contributed by atoms with Crippen LogP contribution >= 0.6 is 23.4 Å². The number of nitrogens with zero attached hydrogens (tertiary/aromatic N) is 1. The van der Waals surface area contributed by atoms with E-state index in [9.17, 15) is 13.2 Å². The van der Waals surface area contributed by atoms with Crippen molar-refractivity contribution in [1.29, 1.82) is 0 Å². The number of anilines is 1.